The van der Waals surface area contributed by atoms with Gasteiger partial charge in [-0.25, -0.2) is 22.0 Å². The van der Waals surface area contributed by atoms with Crippen LogP contribution in [-0.4, -0.2) is 31.8 Å². The van der Waals surface area contributed by atoms with E-state index in [1.165, 1.54) is 36.4 Å². The zero-order chi connectivity index (χ0) is 25.2. The molecule has 0 N–H and O–H groups in total. The van der Waals surface area contributed by atoms with E-state index in [0.29, 0.717) is 6.42 Å². The number of halogens is 2. The number of esters is 1. The van der Waals surface area contributed by atoms with Crippen molar-refractivity contribution in [1.82, 2.24) is 4.57 Å². The number of ether oxygens (including phenoxy) is 1. The number of sulfone groups is 1. The monoisotopic (exact) mass is 495 g/mol. The number of rotatable bonds is 7. The maximum Gasteiger partial charge on any atom is 0.338 e. The second-order valence-corrected chi connectivity index (χ2v) is 10.2. The summed E-state index contributed by atoms with van der Waals surface area (Å²) in [5.41, 5.74) is 4.34. The van der Waals surface area contributed by atoms with E-state index in [4.69, 9.17) is 4.74 Å². The summed E-state index contributed by atoms with van der Waals surface area (Å²) in [5.74, 6) is -1.33. The number of carbonyl (C=O) groups is 1. The summed E-state index contributed by atoms with van der Waals surface area (Å²) in [6, 6.07) is 19.7. The van der Waals surface area contributed by atoms with Crippen LogP contribution in [0.5, 0.6) is 0 Å². The van der Waals surface area contributed by atoms with E-state index in [-0.39, 0.29) is 22.9 Å². The number of hydrogen-bond acceptors (Lipinski definition) is 4. The molecule has 0 fully saturated rings. The zero-order valence-electron chi connectivity index (χ0n) is 19.2. The molecule has 0 atom stereocenters. The van der Waals surface area contributed by atoms with Crippen LogP contribution in [0.4, 0.5) is 8.78 Å². The smallest absolute Gasteiger partial charge is 0.338 e. The van der Waals surface area contributed by atoms with Crippen molar-refractivity contribution in [2.45, 2.75) is 18.2 Å². The Morgan fingerprint density at radius 2 is 1.46 bits per heavy atom. The number of nitrogens with zero attached hydrogens (tertiary/aromatic N) is 1. The van der Waals surface area contributed by atoms with Crippen LogP contribution in [0.15, 0.2) is 83.8 Å². The highest BCUT2D eigenvalue weighted by atomic mass is 32.2. The molecule has 0 saturated carbocycles. The molecular formula is C27H23F2NO4S. The Kier molecular flexibility index (Phi) is 6.84. The van der Waals surface area contributed by atoms with Crippen molar-refractivity contribution in [3.8, 4) is 16.9 Å². The van der Waals surface area contributed by atoms with Gasteiger partial charge >= 0.3 is 5.97 Å². The fourth-order valence-electron chi connectivity index (χ4n) is 3.84. The third-order valence-corrected chi connectivity index (χ3v) is 6.83. The largest absolute Gasteiger partial charge is 0.462 e. The van der Waals surface area contributed by atoms with Gasteiger partial charge in [0.05, 0.1) is 22.8 Å². The fourth-order valence-corrected chi connectivity index (χ4v) is 4.47. The first kappa shape index (κ1) is 24.3. The molecule has 8 heteroatoms. The van der Waals surface area contributed by atoms with E-state index in [2.05, 4.69) is 0 Å². The summed E-state index contributed by atoms with van der Waals surface area (Å²) in [4.78, 5) is 12.5. The highest BCUT2D eigenvalue weighted by Gasteiger charge is 2.17. The van der Waals surface area contributed by atoms with Crippen molar-refractivity contribution >= 4 is 15.8 Å². The molecule has 0 aliphatic rings. The van der Waals surface area contributed by atoms with E-state index in [1.807, 2.05) is 17.6 Å². The highest BCUT2D eigenvalue weighted by Crippen LogP contribution is 2.31. The zero-order valence-corrected chi connectivity index (χ0v) is 20.0. The third kappa shape index (κ3) is 5.49. The van der Waals surface area contributed by atoms with Crippen molar-refractivity contribution in [3.05, 3.63) is 107 Å². The number of hydrogen-bond donors (Lipinski definition) is 0. The molecule has 0 aliphatic heterocycles. The average Bonchev–Trinajstić information content (AvgIpc) is 3.15. The van der Waals surface area contributed by atoms with Gasteiger partial charge in [0.1, 0.15) is 11.6 Å². The van der Waals surface area contributed by atoms with Gasteiger partial charge in [-0.3, -0.25) is 0 Å². The normalized spacial score (nSPS) is 11.4. The van der Waals surface area contributed by atoms with E-state index in [9.17, 15) is 22.0 Å². The maximum atomic E-state index is 13.6. The lowest BCUT2D eigenvalue weighted by Crippen LogP contribution is -2.08. The first-order valence-electron chi connectivity index (χ1n) is 10.8. The molecule has 35 heavy (non-hydrogen) atoms. The lowest BCUT2D eigenvalue weighted by Gasteiger charge is -2.13. The van der Waals surface area contributed by atoms with Gasteiger partial charge in [0.2, 0.25) is 0 Å². The van der Waals surface area contributed by atoms with Crippen LogP contribution in [0.1, 0.15) is 21.6 Å². The van der Waals surface area contributed by atoms with Gasteiger partial charge in [0, 0.05) is 24.1 Å². The molecule has 5 nitrogen and oxygen atoms in total. The Balaban J connectivity index is 1.63. The van der Waals surface area contributed by atoms with Crippen LogP contribution in [0.25, 0.3) is 16.9 Å². The van der Waals surface area contributed by atoms with Crippen molar-refractivity contribution in [2.24, 2.45) is 0 Å². The van der Waals surface area contributed by atoms with Gasteiger partial charge in [-0.1, -0.05) is 12.1 Å². The number of aromatic nitrogens is 1. The molecule has 3 aromatic carbocycles. The van der Waals surface area contributed by atoms with Crippen LogP contribution in [-0.2, 0) is 21.0 Å². The molecule has 0 spiro atoms. The molecular weight excluding hydrogens is 472 g/mol. The lowest BCUT2D eigenvalue weighted by atomic mass is 10.1. The summed E-state index contributed by atoms with van der Waals surface area (Å²) >= 11 is 0. The summed E-state index contributed by atoms with van der Waals surface area (Å²) in [7, 11) is -3.34. The topological polar surface area (TPSA) is 65.4 Å². The first-order chi connectivity index (χ1) is 16.6. The second kappa shape index (κ2) is 9.84. The lowest BCUT2D eigenvalue weighted by molar-refractivity contribution is 0.0509. The summed E-state index contributed by atoms with van der Waals surface area (Å²) in [5, 5.41) is 0. The van der Waals surface area contributed by atoms with Gasteiger partial charge in [-0.05, 0) is 84.8 Å². The molecule has 0 bridgehead atoms. The first-order valence-corrected chi connectivity index (χ1v) is 12.7. The average molecular weight is 496 g/mol. The quantitative estimate of drug-likeness (QED) is 0.316. The minimum absolute atomic E-state index is 0.108. The van der Waals surface area contributed by atoms with Crippen LogP contribution >= 0.6 is 0 Å². The molecule has 1 aromatic heterocycles. The van der Waals surface area contributed by atoms with Crippen molar-refractivity contribution in [2.75, 3.05) is 12.9 Å². The predicted octanol–water partition coefficient (Wildman–Crippen LogP) is 5.53. The fraction of sp³-hybridized carbons (Fsp3) is 0.148. The Labute approximate surface area is 202 Å². The third-order valence-electron chi connectivity index (χ3n) is 5.70. The Hall–Kier alpha value is -3.78. The Morgan fingerprint density at radius 1 is 0.886 bits per heavy atom. The minimum Gasteiger partial charge on any atom is -0.462 e. The van der Waals surface area contributed by atoms with Gasteiger partial charge in [-0.15, -0.1) is 0 Å². The molecule has 1 heterocycles. The Morgan fingerprint density at radius 3 is 2.03 bits per heavy atom. The van der Waals surface area contributed by atoms with Gasteiger partial charge in [-0.2, -0.15) is 0 Å². The molecule has 0 aliphatic carbocycles. The highest BCUT2D eigenvalue weighted by molar-refractivity contribution is 7.90. The number of benzene rings is 3. The van der Waals surface area contributed by atoms with E-state index in [1.54, 1.807) is 36.4 Å². The molecule has 0 amide bonds. The minimum atomic E-state index is -3.34. The molecule has 0 radical (unpaired) electrons. The van der Waals surface area contributed by atoms with Gasteiger partial charge in [0.15, 0.2) is 9.84 Å². The van der Waals surface area contributed by atoms with Gasteiger partial charge < -0.3 is 9.30 Å². The summed E-state index contributed by atoms with van der Waals surface area (Å²) in [6.07, 6.45) is 1.57. The maximum absolute atomic E-state index is 13.6. The predicted molar refractivity (Wildman–Crippen MR) is 129 cm³/mol. The molecule has 0 saturated heterocycles. The molecule has 4 aromatic rings. The van der Waals surface area contributed by atoms with E-state index >= 15 is 0 Å². The van der Waals surface area contributed by atoms with E-state index < -0.39 is 21.6 Å². The van der Waals surface area contributed by atoms with Crippen molar-refractivity contribution in [3.63, 3.8) is 0 Å². The van der Waals surface area contributed by atoms with E-state index in [0.717, 1.165) is 34.5 Å². The molecule has 0 unspecified atom stereocenters. The van der Waals surface area contributed by atoms with Crippen LogP contribution in [0, 0.1) is 18.6 Å². The van der Waals surface area contributed by atoms with Crippen molar-refractivity contribution in [1.29, 1.82) is 0 Å². The SMILES string of the molecule is Cc1c(CCOC(=O)c2ccc(F)cc2)cc(-c2ccc(S(C)(=O)=O)cc2)n1-c1ccc(F)cc1. The van der Waals surface area contributed by atoms with Crippen LogP contribution in [0.3, 0.4) is 0 Å². The van der Waals surface area contributed by atoms with Crippen LogP contribution in [0.2, 0.25) is 0 Å². The Bertz CT molecular complexity index is 1460. The summed E-state index contributed by atoms with van der Waals surface area (Å²) in [6.45, 7) is 2.02. The molecule has 4 rings (SSSR count). The van der Waals surface area contributed by atoms with Crippen LogP contribution < -0.4 is 0 Å². The summed E-state index contributed by atoms with van der Waals surface area (Å²) < 4.78 is 57.7. The standard InChI is InChI=1S/C27H23F2NO4S/c1-18-21(15-16-34-27(31)20-3-7-22(28)8-4-20)17-26(30(18)24-11-9-23(29)10-12-24)19-5-13-25(14-6-19)35(2,32)33/h3-14,17H,15-16H2,1-2H3. The van der Waals surface area contributed by atoms with Gasteiger partial charge in [0.25, 0.3) is 0 Å². The number of carbonyl (C=O) groups excluding carboxylic acids is 1. The van der Waals surface area contributed by atoms with Crippen molar-refractivity contribution < 1.29 is 26.7 Å². The molecule has 180 valence electrons. The second-order valence-electron chi connectivity index (χ2n) is 8.14.